The van der Waals surface area contributed by atoms with Crippen molar-refractivity contribution in [2.75, 3.05) is 6.54 Å². The highest BCUT2D eigenvalue weighted by Crippen LogP contribution is 2.62. The summed E-state index contributed by atoms with van der Waals surface area (Å²) < 4.78 is 0. The average molecular weight is 377 g/mol. The second-order valence-corrected chi connectivity index (χ2v) is 13.7. The molecule has 0 aromatic rings. The molecule has 0 aromatic heterocycles. The van der Waals surface area contributed by atoms with Gasteiger partial charge in [0.25, 0.3) is 0 Å². The monoisotopic (exact) mass is 376 g/mol. The molecule has 2 nitrogen and oxygen atoms in total. The van der Waals surface area contributed by atoms with Gasteiger partial charge in [0, 0.05) is 29.2 Å². The van der Waals surface area contributed by atoms with Gasteiger partial charge in [-0.1, -0.05) is 34.6 Å². The summed E-state index contributed by atoms with van der Waals surface area (Å²) in [4.78, 5) is 5.74. The summed E-state index contributed by atoms with van der Waals surface area (Å²) in [6, 6.07) is 2.32. The molecular weight excluding hydrogens is 328 g/mol. The Morgan fingerprint density at radius 3 is 1.85 bits per heavy atom. The van der Waals surface area contributed by atoms with E-state index in [-0.39, 0.29) is 5.54 Å². The lowest BCUT2D eigenvalue weighted by molar-refractivity contribution is 0.0120. The van der Waals surface area contributed by atoms with Crippen LogP contribution >= 0.6 is 0 Å². The molecule has 2 aliphatic heterocycles. The molecule has 3 aliphatic rings. The molecule has 0 bridgehead atoms. The van der Waals surface area contributed by atoms with Crippen LogP contribution in [0.15, 0.2) is 0 Å². The molecule has 27 heavy (non-hydrogen) atoms. The summed E-state index contributed by atoms with van der Waals surface area (Å²) in [5.41, 5.74) is 1.38. The standard InChI is InChI=1S/C25H48N2/c1-22(2,3)20-15-17-18(21(17)27(20)24(7,8)9)16-25(10,11)19-13-12-14-26(19)23(4,5)6/h17-21H,12-16H2,1-11H3/t17?,18-,19?,20?,21?/m0/s1. The zero-order valence-corrected chi connectivity index (χ0v) is 20.3. The van der Waals surface area contributed by atoms with Gasteiger partial charge in [0.1, 0.15) is 0 Å². The van der Waals surface area contributed by atoms with Gasteiger partial charge >= 0.3 is 0 Å². The van der Waals surface area contributed by atoms with Gasteiger partial charge in [0.05, 0.1) is 0 Å². The zero-order valence-electron chi connectivity index (χ0n) is 20.3. The van der Waals surface area contributed by atoms with Crippen molar-refractivity contribution in [3.63, 3.8) is 0 Å². The largest absolute Gasteiger partial charge is 0.295 e. The van der Waals surface area contributed by atoms with Crippen molar-refractivity contribution < 1.29 is 0 Å². The van der Waals surface area contributed by atoms with Crippen molar-refractivity contribution in [3.05, 3.63) is 0 Å². The van der Waals surface area contributed by atoms with Crippen molar-refractivity contribution in [1.29, 1.82) is 0 Å². The van der Waals surface area contributed by atoms with Gasteiger partial charge in [-0.25, -0.2) is 0 Å². The Labute approximate surface area is 170 Å². The number of hydrogen-bond donors (Lipinski definition) is 0. The molecule has 0 amide bonds. The number of piperidine rings is 1. The van der Waals surface area contributed by atoms with Gasteiger partial charge in [0.2, 0.25) is 0 Å². The number of rotatable bonds is 3. The summed E-state index contributed by atoms with van der Waals surface area (Å²) in [5.74, 6) is 1.86. The molecule has 1 aliphatic carbocycles. The maximum atomic E-state index is 2.93. The van der Waals surface area contributed by atoms with Crippen molar-refractivity contribution in [2.24, 2.45) is 22.7 Å². The van der Waals surface area contributed by atoms with Crippen LogP contribution in [0.2, 0.25) is 0 Å². The lowest BCUT2D eigenvalue weighted by Gasteiger charge is -2.47. The predicted molar refractivity (Wildman–Crippen MR) is 118 cm³/mol. The Hall–Kier alpha value is -0.0800. The Kier molecular flexibility index (Phi) is 5.17. The highest BCUT2D eigenvalue weighted by molar-refractivity contribution is 5.18. The van der Waals surface area contributed by atoms with E-state index in [1.54, 1.807) is 0 Å². The Morgan fingerprint density at radius 1 is 0.778 bits per heavy atom. The molecule has 3 fully saturated rings. The smallest absolute Gasteiger partial charge is 0.0167 e. The number of nitrogens with zero attached hydrogens (tertiary/aromatic N) is 2. The third-order valence-electron chi connectivity index (χ3n) is 7.99. The molecule has 0 N–H and O–H groups in total. The van der Waals surface area contributed by atoms with E-state index >= 15 is 0 Å². The second-order valence-electron chi connectivity index (χ2n) is 13.7. The Balaban J connectivity index is 1.73. The number of likely N-dealkylation sites (tertiary alicyclic amines) is 2. The molecule has 2 saturated heterocycles. The van der Waals surface area contributed by atoms with Gasteiger partial charge in [0.15, 0.2) is 0 Å². The predicted octanol–water partition coefficient (Wildman–Crippen LogP) is 6.20. The maximum absolute atomic E-state index is 2.93. The van der Waals surface area contributed by atoms with Crippen LogP contribution in [-0.2, 0) is 0 Å². The van der Waals surface area contributed by atoms with Crippen LogP contribution in [0.25, 0.3) is 0 Å². The summed E-state index contributed by atoms with van der Waals surface area (Å²) in [5, 5.41) is 0. The second kappa shape index (κ2) is 6.46. The van der Waals surface area contributed by atoms with Crippen molar-refractivity contribution >= 4 is 0 Å². The van der Waals surface area contributed by atoms with E-state index in [2.05, 4.69) is 86.0 Å². The Bertz CT molecular complexity index is 542. The Morgan fingerprint density at radius 2 is 1.37 bits per heavy atom. The fraction of sp³-hybridized carbons (Fsp3) is 1.00. The van der Waals surface area contributed by atoms with E-state index < -0.39 is 0 Å². The van der Waals surface area contributed by atoms with E-state index in [0.717, 1.165) is 30.0 Å². The van der Waals surface area contributed by atoms with Crippen molar-refractivity contribution in [2.45, 2.75) is 131 Å². The molecule has 0 spiro atoms. The van der Waals surface area contributed by atoms with Gasteiger partial charge in [-0.05, 0) is 96.4 Å². The summed E-state index contributed by atoms with van der Waals surface area (Å²) in [6.07, 6.45) is 5.59. The van der Waals surface area contributed by atoms with Crippen LogP contribution in [-0.4, -0.2) is 45.5 Å². The number of hydrogen-bond acceptors (Lipinski definition) is 2. The third kappa shape index (κ3) is 4.00. The lowest BCUT2D eigenvalue weighted by atomic mass is 9.75. The SMILES string of the molecule is CC(C)(C)C1CC2C([C@H]2CC(C)(C)C2CCCN2C(C)(C)C)N1C(C)(C)C. The van der Waals surface area contributed by atoms with E-state index in [1.807, 2.05) is 0 Å². The van der Waals surface area contributed by atoms with E-state index in [0.29, 0.717) is 16.4 Å². The van der Waals surface area contributed by atoms with Crippen LogP contribution in [0.1, 0.15) is 102 Å². The minimum absolute atomic E-state index is 0.279. The fourth-order valence-corrected chi connectivity index (χ4v) is 6.81. The van der Waals surface area contributed by atoms with E-state index in [4.69, 9.17) is 0 Å². The molecule has 4 unspecified atom stereocenters. The van der Waals surface area contributed by atoms with Crippen molar-refractivity contribution in [1.82, 2.24) is 9.80 Å². The number of fused-ring (bicyclic) bond motifs is 1. The van der Waals surface area contributed by atoms with Gasteiger partial charge < -0.3 is 0 Å². The van der Waals surface area contributed by atoms with Crippen LogP contribution < -0.4 is 0 Å². The fourth-order valence-electron chi connectivity index (χ4n) is 6.81. The minimum atomic E-state index is 0.279. The topological polar surface area (TPSA) is 6.48 Å². The first-order chi connectivity index (χ1) is 12.0. The quantitative estimate of drug-likeness (QED) is 0.578. The molecule has 1 saturated carbocycles. The van der Waals surface area contributed by atoms with E-state index in [9.17, 15) is 0 Å². The average Bonchev–Trinajstić information content (AvgIpc) is 2.92. The molecule has 2 heterocycles. The summed E-state index contributed by atoms with van der Waals surface area (Å²) >= 11 is 0. The highest BCUT2D eigenvalue weighted by Gasteiger charge is 2.65. The zero-order chi connectivity index (χ0) is 20.6. The normalized spacial score (nSPS) is 36.3. The van der Waals surface area contributed by atoms with Crippen LogP contribution in [0, 0.1) is 22.7 Å². The molecule has 5 atom stereocenters. The van der Waals surface area contributed by atoms with Gasteiger partial charge in [-0.15, -0.1) is 0 Å². The first-order valence-corrected chi connectivity index (χ1v) is 11.6. The molecular formula is C25H48N2. The van der Waals surface area contributed by atoms with E-state index in [1.165, 1.54) is 32.2 Å². The lowest BCUT2D eigenvalue weighted by Crippen LogP contribution is -2.53. The summed E-state index contributed by atoms with van der Waals surface area (Å²) in [6.45, 7) is 28.3. The molecule has 0 radical (unpaired) electrons. The van der Waals surface area contributed by atoms with Crippen molar-refractivity contribution in [3.8, 4) is 0 Å². The van der Waals surface area contributed by atoms with Crippen LogP contribution in [0.4, 0.5) is 0 Å². The minimum Gasteiger partial charge on any atom is -0.295 e. The van der Waals surface area contributed by atoms with Gasteiger partial charge in [-0.2, -0.15) is 0 Å². The molecule has 2 heteroatoms. The first kappa shape index (κ1) is 21.6. The first-order valence-electron chi connectivity index (χ1n) is 11.6. The maximum Gasteiger partial charge on any atom is 0.0167 e. The molecule has 158 valence electrons. The highest BCUT2D eigenvalue weighted by atomic mass is 15.3. The van der Waals surface area contributed by atoms with Crippen LogP contribution in [0.3, 0.4) is 0 Å². The summed E-state index contributed by atoms with van der Waals surface area (Å²) in [7, 11) is 0. The third-order valence-corrected chi connectivity index (χ3v) is 7.99. The van der Waals surface area contributed by atoms with Gasteiger partial charge in [-0.3, -0.25) is 9.80 Å². The van der Waals surface area contributed by atoms with Crippen LogP contribution in [0.5, 0.6) is 0 Å². The molecule has 3 rings (SSSR count). The molecule has 0 aromatic carbocycles.